The van der Waals surface area contributed by atoms with Gasteiger partial charge in [-0.2, -0.15) is 0 Å². The molecule has 0 radical (unpaired) electrons. The summed E-state index contributed by atoms with van der Waals surface area (Å²) in [5.41, 5.74) is 1.31. The zero-order chi connectivity index (χ0) is 8.23. The molecule has 1 aliphatic rings. The van der Waals surface area contributed by atoms with Crippen LogP contribution in [-0.2, 0) is 0 Å². The predicted molar refractivity (Wildman–Crippen MR) is 55.4 cm³/mol. The topological polar surface area (TPSA) is 3.24 Å². The van der Waals surface area contributed by atoms with E-state index in [2.05, 4.69) is 46.7 Å². The molecule has 1 aromatic rings. The maximum Gasteiger partial charge on any atom is 0.0683 e. The Morgan fingerprint density at radius 3 is 2.67 bits per heavy atom. The quantitative estimate of drug-likeness (QED) is 0.649. The van der Waals surface area contributed by atoms with Crippen molar-refractivity contribution in [2.75, 3.05) is 17.3 Å². The van der Waals surface area contributed by atoms with Crippen molar-refractivity contribution < 1.29 is 0 Å². The van der Waals surface area contributed by atoms with Gasteiger partial charge in [0, 0.05) is 12.2 Å². The van der Waals surface area contributed by atoms with Crippen molar-refractivity contribution in [1.29, 1.82) is 0 Å². The van der Waals surface area contributed by atoms with Crippen molar-refractivity contribution in [3.05, 3.63) is 41.8 Å². The molecule has 1 aliphatic heterocycles. The Morgan fingerprint density at radius 1 is 1.17 bits per heavy atom. The van der Waals surface area contributed by atoms with Crippen LogP contribution in [0.1, 0.15) is 0 Å². The fourth-order valence-corrected chi connectivity index (χ4v) is 1.99. The Labute approximate surface area is 77.1 Å². The van der Waals surface area contributed by atoms with Crippen LogP contribution in [0.2, 0.25) is 0 Å². The van der Waals surface area contributed by atoms with Gasteiger partial charge in [0.05, 0.1) is 5.88 Å². The van der Waals surface area contributed by atoms with Crippen LogP contribution in [0.5, 0.6) is 0 Å². The van der Waals surface area contributed by atoms with E-state index in [0.29, 0.717) is 0 Å². The molecule has 1 heterocycles. The Morgan fingerprint density at radius 2 is 2.00 bits per heavy atom. The highest BCUT2D eigenvalue weighted by molar-refractivity contribution is 8.02. The first-order chi connectivity index (χ1) is 5.97. The number of anilines is 1. The van der Waals surface area contributed by atoms with Gasteiger partial charge in [0.2, 0.25) is 0 Å². The van der Waals surface area contributed by atoms with Crippen LogP contribution in [0.4, 0.5) is 5.69 Å². The van der Waals surface area contributed by atoms with Crippen LogP contribution < -0.4 is 4.90 Å². The van der Waals surface area contributed by atoms with E-state index in [-0.39, 0.29) is 0 Å². The smallest absolute Gasteiger partial charge is 0.0683 e. The van der Waals surface area contributed by atoms with Gasteiger partial charge in [-0.3, -0.25) is 0 Å². The lowest BCUT2D eigenvalue weighted by molar-refractivity contribution is 0.999. The molecule has 2 rings (SSSR count). The van der Waals surface area contributed by atoms with Gasteiger partial charge < -0.3 is 4.90 Å². The molecule has 0 amide bonds. The van der Waals surface area contributed by atoms with Crippen molar-refractivity contribution in [1.82, 2.24) is 0 Å². The maximum atomic E-state index is 2.35. The third-order valence-electron chi connectivity index (χ3n) is 1.87. The summed E-state index contributed by atoms with van der Waals surface area (Å²) in [4.78, 5) is 2.35. The Bertz CT molecular complexity index is 268. The summed E-state index contributed by atoms with van der Waals surface area (Å²) in [5, 5.41) is 2.17. The lowest BCUT2D eigenvalue weighted by Crippen LogP contribution is -2.24. The van der Waals surface area contributed by atoms with Crippen molar-refractivity contribution in [2.45, 2.75) is 0 Å². The number of para-hydroxylation sites is 1. The van der Waals surface area contributed by atoms with E-state index in [4.69, 9.17) is 0 Å². The van der Waals surface area contributed by atoms with Crippen LogP contribution in [0.3, 0.4) is 0 Å². The first-order valence-corrected chi connectivity index (χ1v) is 5.08. The normalized spacial score (nSPS) is 16.5. The molecule has 12 heavy (non-hydrogen) atoms. The molecule has 1 nitrogen and oxygen atoms in total. The standard InChI is InChI=1S/C10H11NS/c1-2-5-10(6-3-1)11-7-4-8-12-9-11/h1-6,8H,7,9H2. The van der Waals surface area contributed by atoms with Gasteiger partial charge in [-0.1, -0.05) is 24.3 Å². The summed E-state index contributed by atoms with van der Waals surface area (Å²) < 4.78 is 0. The molecular formula is C10H11NS. The molecule has 0 fully saturated rings. The molecule has 0 saturated heterocycles. The molecule has 1 aromatic carbocycles. The minimum Gasteiger partial charge on any atom is -0.358 e. The maximum absolute atomic E-state index is 2.35. The van der Waals surface area contributed by atoms with Gasteiger partial charge in [0.25, 0.3) is 0 Å². The van der Waals surface area contributed by atoms with Gasteiger partial charge >= 0.3 is 0 Å². The first-order valence-electron chi connectivity index (χ1n) is 4.03. The summed E-state index contributed by atoms with van der Waals surface area (Å²) in [7, 11) is 0. The lowest BCUT2D eigenvalue weighted by atomic mass is 10.3. The number of thioether (sulfide) groups is 1. The summed E-state index contributed by atoms with van der Waals surface area (Å²) in [6.45, 7) is 1.04. The van der Waals surface area contributed by atoms with E-state index in [9.17, 15) is 0 Å². The summed E-state index contributed by atoms with van der Waals surface area (Å²) in [6, 6.07) is 10.5. The average molecular weight is 177 g/mol. The average Bonchev–Trinajstić information content (AvgIpc) is 2.21. The van der Waals surface area contributed by atoms with Crippen molar-refractivity contribution in [2.24, 2.45) is 0 Å². The second-order valence-electron chi connectivity index (χ2n) is 2.73. The number of nitrogens with zero attached hydrogens (tertiary/aromatic N) is 1. The van der Waals surface area contributed by atoms with Crippen molar-refractivity contribution in [3.8, 4) is 0 Å². The minimum absolute atomic E-state index is 1.04. The fraction of sp³-hybridized carbons (Fsp3) is 0.200. The van der Waals surface area contributed by atoms with Crippen molar-refractivity contribution >= 4 is 17.4 Å². The molecule has 0 aromatic heterocycles. The highest BCUT2D eigenvalue weighted by Gasteiger charge is 2.05. The third kappa shape index (κ3) is 1.64. The summed E-state index contributed by atoms with van der Waals surface area (Å²) in [5.74, 6) is 1.07. The van der Waals surface area contributed by atoms with Crippen molar-refractivity contribution in [3.63, 3.8) is 0 Å². The molecule has 0 bridgehead atoms. The van der Waals surface area contributed by atoms with E-state index in [0.717, 1.165) is 12.4 Å². The molecule has 0 saturated carbocycles. The highest BCUT2D eigenvalue weighted by Crippen LogP contribution is 2.19. The summed E-state index contributed by atoms with van der Waals surface area (Å²) in [6.07, 6.45) is 2.20. The van der Waals surface area contributed by atoms with Gasteiger partial charge in [-0.05, 0) is 17.5 Å². The fourth-order valence-electron chi connectivity index (χ4n) is 1.24. The largest absolute Gasteiger partial charge is 0.358 e. The van der Waals surface area contributed by atoms with E-state index in [1.54, 1.807) is 0 Å². The molecule has 62 valence electrons. The van der Waals surface area contributed by atoms with Gasteiger partial charge in [0.1, 0.15) is 0 Å². The Kier molecular flexibility index (Phi) is 2.37. The first kappa shape index (κ1) is 7.74. The van der Waals surface area contributed by atoms with Crippen LogP contribution in [0, 0.1) is 0 Å². The predicted octanol–water partition coefficient (Wildman–Crippen LogP) is 2.71. The van der Waals surface area contributed by atoms with Crippen LogP contribution in [0.15, 0.2) is 41.8 Å². The van der Waals surface area contributed by atoms with Gasteiger partial charge in [-0.15, -0.1) is 11.8 Å². The van der Waals surface area contributed by atoms with E-state index < -0.39 is 0 Å². The molecule has 0 spiro atoms. The van der Waals surface area contributed by atoms with Gasteiger partial charge in [0.15, 0.2) is 0 Å². The van der Waals surface area contributed by atoms with E-state index in [1.165, 1.54) is 5.69 Å². The highest BCUT2D eigenvalue weighted by atomic mass is 32.2. The monoisotopic (exact) mass is 177 g/mol. The molecule has 0 aliphatic carbocycles. The molecule has 0 N–H and O–H groups in total. The van der Waals surface area contributed by atoms with E-state index >= 15 is 0 Å². The summed E-state index contributed by atoms with van der Waals surface area (Å²) >= 11 is 1.84. The third-order valence-corrected chi connectivity index (χ3v) is 2.72. The second kappa shape index (κ2) is 3.68. The molecule has 0 atom stereocenters. The van der Waals surface area contributed by atoms with Crippen LogP contribution >= 0.6 is 11.8 Å². The molecule has 0 unspecified atom stereocenters. The van der Waals surface area contributed by atoms with Crippen LogP contribution in [0.25, 0.3) is 0 Å². The number of rotatable bonds is 1. The number of benzene rings is 1. The molecule has 2 heteroatoms. The van der Waals surface area contributed by atoms with Gasteiger partial charge in [-0.25, -0.2) is 0 Å². The minimum atomic E-state index is 1.04. The SMILES string of the molecule is C1=CSCN(c2ccccc2)C1. The van der Waals surface area contributed by atoms with E-state index in [1.807, 2.05) is 11.8 Å². The zero-order valence-electron chi connectivity index (χ0n) is 6.81. The second-order valence-corrected chi connectivity index (χ2v) is 3.59. The number of hydrogen-bond acceptors (Lipinski definition) is 2. The van der Waals surface area contributed by atoms with Crippen LogP contribution in [-0.4, -0.2) is 12.4 Å². The molecular weight excluding hydrogens is 166 g/mol. The number of hydrogen-bond donors (Lipinski definition) is 0. The Hall–Kier alpha value is -0.890. The Balaban J connectivity index is 2.15. The zero-order valence-corrected chi connectivity index (χ0v) is 7.63. The lowest BCUT2D eigenvalue weighted by Gasteiger charge is -2.24.